The number of benzene rings is 1. The Hall–Kier alpha value is -2.67. The van der Waals surface area contributed by atoms with Crippen LogP contribution in [0.15, 0.2) is 41.8 Å². The van der Waals surface area contributed by atoms with Crippen molar-refractivity contribution in [3.05, 3.63) is 52.5 Å². The Morgan fingerprint density at radius 3 is 2.77 bits per heavy atom. The SMILES string of the molecule is COc1csc(C(=O)Nc2nc(C)n(-c3ccccc3)n2)c1. The first-order valence-electron chi connectivity index (χ1n) is 6.60. The number of carbonyl (C=O) groups excluding carboxylic acids is 1. The number of amides is 1. The monoisotopic (exact) mass is 314 g/mol. The molecule has 0 saturated heterocycles. The first-order valence-corrected chi connectivity index (χ1v) is 7.48. The molecule has 6 nitrogen and oxygen atoms in total. The van der Waals surface area contributed by atoms with Crippen LogP contribution in [-0.2, 0) is 0 Å². The Bertz CT molecular complexity index is 795. The molecular formula is C15H14N4O2S. The summed E-state index contributed by atoms with van der Waals surface area (Å²) in [5.41, 5.74) is 0.894. The highest BCUT2D eigenvalue weighted by Crippen LogP contribution is 2.22. The van der Waals surface area contributed by atoms with E-state index in [1.165, 1.54) is 11.3 Å². The molecule has 0 atom stereocenters. The molecule has 1 amide bonds. The van der Waals surface area contributed by atoms with Gasteiger partial charge in [0.2, 0.25) is 5.95 Å². The number of nitrogens with zero attached hydrogens (tertiary/aromatic N) is 3. The Labute approximate surface area is 131 Å². The van der Waals surface area contributed by atoms with Gasteiger partial charge in [0.1, 0.15) is 11.6 Å². The zero-order chi connectivity index (χ0) is 15.5. The van der Waals surface area contributed by atoms with Gasteiger partial charge in [-0.05, 0) is 19.1 Å². The molecule has 0 aliphatic rings. The molecule has 1 aromatic carbocycles. The first kappa shape index (κ1) is 14.3. The van der Waals surface area contributed by atoms with Crippen molar-refractivity contribution in [1.29, 1.82) is 0 Å². The van der Waals surface area contributed by atoms with Gasteiger partial charge >= 0.3 is 0 Å². The van der Waals surface area contributed by atoms with Gasteiger partial charge < -0.3 is 4.74 Å². The van der Waals surface area contributed by atoms with Crippen LogP contribution < -0.4 is 10.1 Å². The second-order valence-electron chi connectivity index (χ2n) is 4.53. The molecular weight excluding hydrogens is 300 g/mol. The van der Waals surface area contributed by atoms with Crippen LogP contribution in [0.1, 0.15) is 15.5 Å². The number of aryl methyl sites for hydroxylation is 1. The minimum absolute atomic E-state index is 0.251. The van der Waals surface area contributed by atoms with Crippen LogP contribution in [0.5, 0.6) is 5.75 Å². The second-order valence-corrected chi connectivity index (χ2v) is 5.45. The van der Waals surface area contributed by atoms with Crippen LogP contribution in [0.25, 0.3) is 5.69 Å². The molecule has 0 aliphatic heterocycles. The maximum Gasteiger partial charge on any atom is 0.268 e. The maximum absolute atomic E-state index is 12.2. The van der Waals surface area contributed by atoms with E-state index >= 15 is 0 Å². The van der Waals surface area contributed by atoms with Gasteiger partial charge in [-0.25, -0.2) is 4.68 Å². The summed E-state index contributed by atoms with van der Waals surface area (Å²) in [4.78, 5) is 17.0. The maximum atomic E-state index is 12.2. The van der Waals surface area contributed by atoms with Crippen LogP contribution in [0.2, 0.25) is 0 Å². The highest BCUT2D eigenvalue weighted by molar-refractivity contribution is 7.12. The van der Waals surface area contributed by atoms with Gasteiger partial charge in [-0.2, -0.15) is 4.98 Å². The van der Waals surface area contributed by atoms with Crippen molar-refractivity contribution >= 4 is 23.2 Å². The van der Waals surface area contributed by atoms with Gasteiger partial charge in [-0.3, -0.25) is 10.1 Å². The highest BCUT2D eigenvalue weighted by atomic mass is 32.1. The van der Waals surface area contributed by atoms with Crippen molar-refractivity contribution in [1.82, 2.24) is 14.8 Å². The van der Waals surface area contributed by atoms with Gasteiger partial charge in [0.25, 0.3) is 5.91 Å². The van der Waals surface area contributed by atoms with E-state index in [0.29, 0.717) is 16.5 Å². The average molecular weight is 314 g/mol. The van der Waals surface area contributed by atoms with E-state index < -0.39 is 0 Å². The summed E-state index contributed by atoms with van der Waals surface area (Å²) >= 11 is 1.31. The average Bonchev–Trinajstić information content (AvgIpc) is 3.15. The van der Waals surface area contributed by atoms with Crippen molar-refractivity contribution in [3.63, 3.8) is 0 Å². The normalized spacial score (nSPS) is 10.5. The standard InChI is InChI=1S/C15H14N4O2S/c1-10-16-15(18-19(10)11-6-4-3-5-7-11)17-14(20)13-8-12(21-2)9-22-13/h3-9H,1-2H3,(H,17,18,20). The van der Waals surface area contributed by atoms with E-state index in [0.717, 1.165) is 5.69 Å². The van der Waals surface area contributed by atoms with Crippen LogP contribution in [0.3, 0.4) is 0 Å². The molecule has 3 rings (SSSR count). The number of nitrogens with one attached hydrogen (secondary N) is 1. The first-order chi connectivity index (χ1) is 10.7. The molecule has 2 aromatic heterocycles. The summed E-state index contributed by atoms with van der Waals surface area (Å²) in [5, 5.41) is 8.79. The summed E-state index contributed by atoms with van der Waals surface area (Å²) in [6, 6.07) is 11.3. The predicted molar refractivity (Wildman–Crippen MR) is 84.9 cm³/mol. The van der Waals surface area contributed by atoms with Crippen molar-refractivity contribution in [3.8, 4) is 11.4 Å². The van der Waals surface area contributed by atoms with E-state index in [9.17, 15) is 4.79 Å². The largest absolute Gasteiger partial charge is 0.496 e. The van der Waals surface area contributed by atoms with Crippen molar-refractivity contribution in [2.24, 2.45) is 0 Å². The number of hydrogen-bond donors (Lipinski definition) is 1. The number of anilines is 1. The summed E-state index contributed by atoms with van der Waals surface area (Å²) in [6.07, 6.45) is 0. The number of para-hydroxylation sites is 1. The Morgan fingerprint density at radius 1 is 1.32 bits per heavy atom. The topological polar surface area (TPSA) is 69.0 Å². The molecule has 22 heavy (non-hydrogen) atoms. The molecule has 0 bridgehead atoms. The Morgan fingerprint density at radius 2 is 2.09 bits per heavy atom. The fourth-order valence-corrected chi connectivity index (χ4v) is 2.71. The lowest BCUT2D eigenvalue weighted by Gasteiger charge is -2.01. The van der Waals surface area contributed by atoms with Crippen molar-refractivity contribution in [2.75, 3.05) is 12.4 Å². The fraction of sp³-hybridized carbons (Fsp3) is 0.133. The lowest BCUT2D eigenvalue weighted by Crippen LogP contribution is -2.11. The minimum atomic E-state index is -0.251. The third-order valence-electron chi connectivity index (χ3n) is 3.03. The molecule has 1 N–H and O–H groups in total. The van der Waals surface area contributed by atoms with Gasteiger partial charge in [0.05, 0.1) is 17.7 Å². The summed E-state index contributed by atoms with van der Waals surface area (Å²) in [5.74, 6) is 1.39. The molecule has 0 unspecified atom stereocenters. The second kappa shape index (κ2) is 5.98. The molecule has 0 radical (unpaired) electrons. The fourth-order valence-electron chi connectivity index (χ4n) is 1.96. The highest BCUT2D eigenvalue weighted by Gasteiger charge is 2.14. The Balaban J connectivity index is 1.80. The molecule has 0 fully saturated rings. The third-order valence-corrected chi connectivity index (χ3v) is 3.94. The molecule has 0 aliphatic carbocycles. The zero-order valence-electron chi connectivity index (χ0n) is 12.1. The van der Waals surface area contributed by atoms with E-state index in [1.54, 1.807) is 23.2 Å². The number of thiophene rings is 1. The summed E-state index contributed by atoms with van der Waals surface area (Å²) in [6.45, 7) is 1.84. The lowest BCUT2D eigenvalue weighted by atomic mass is 10.3. The lowest BCUT2D eigenvalue weighted by molar-refractivity contribution is 0.102. The zero-order valence-corrected chi connectivity index (χ0v) is 12.9. The predicted octanol–water partition coefficient (Wildman–Crippen LogP) is 2.90. The number of rotatable bonds is 4. The number of ether oxygens (including phenoxy) is 1. The number of methoxy groups -OCH3 is 1. The molecule has 3 aromatic rings. The van der Waals surface area contributed by atoms with Crippen LogP contribution in [-0.4, -0.2) is 27.8 Å². The summed E-state index contributed by atoms with van der Waals surface area (Å²) in [7, 11) is 1.57. The van der Waals surface area contributed by atoms with Gasteiger partial charge in [0, 0.05) is 11.4 Å². The molecule has 0 saturated carbocycles. The van der Waals surface area contributed by atoms with Gasteiger partial charge in [-0.15, -0.1) is 16.4 Å². The number of hydrogen-bond acceptors (Lipinski definition) is 5. The molecule has 0 spiro atoms. The quantitative estimate of drug-likeness (QED) is 0.804. The van der Waals surface area contributed by atoms with E-state index in [1.807, 2.05) is 37.3 Å². The molecule has 7 heteroatoms. The molecule has 112 valence electrons. The number of carbonyl (C=O) groups is 1. The van der Waals surface area contributed by atoms with E-state index in [4.69, 9.17) is 4.74 Å². The van der Waals surface area contributed by atoms with Crippen LogP contribution >= 0.6 is 11.3 Å². The smallest absolute Gasteiger partial charge is 0.268 e. The Kier molecular flexibility index (Phi) is 3.88. The number of aromatic nitrogens is 3. The van der Waals surface area contributed by atoms with E-state index in [-0.39, 0.29) is 11.9 Å². The van der Waals surface area contributed by atoms with Gasteiger partial charge in [0.15, 0.2) is 0 Å². The molecule has 2 heterocycles. The van der Waals surface area contributed by atoms with Crippen molar-refractivity contribution < 1.29 is 9.53 Å². The van der Waals surface area contributed by atoms with Gasteiger partial charge in [-0.1, -0.05) is 18.2 Å². The van der Waals surface area contributed by atoms with E-state index in [2.05, 4.69) is 15.4 Å². The van der Waals surface area contributed by atoms with Crippen LogP contribution in [0, 0.1) is 6.92 Å². The third kappa shape index (κ3) is 2.84. The van der Waals surface area contributed by atoms with Crippen LogP contribution in [0.4, 0.5) is 5.95 Å². The minimum Gasteiger partial charge on any atom is -0.496 e. The van der Waals surface area contributed by atoms with Crippen molar-refractivity contribution in [2.45, 2.75) is 6.92 Å². The summed E-state index contributed by atoms with van der Waals surface area (Å²) < 4.78 is 6.76.